The summed E-state index contributed by atoms with van der Waals surface area (Å²) in [4.78, 5) is 0. The molecule has 0 saturated heterocycles. The van der Waals surface area contributed by atoms with Gasteiger partial charge in [0, 0.05) is 5.56 Å². The van der Waals surface area contributed by atoms with E-state index in [1.165, 1.54) is 19.9 Å². The van der Waals surface area contributed by atoms with Gasteiger partial charge in [0.15, 0.2) is 5.75 Å². The molecule has 0 bridgehead atoms. The maximum absolute atomic E-state index is 12.6. The molecule has 0 unspecified atom stereocenters. The summed E-state index contributed by atoms with van der Waals surface area (Å²) in [5, 5.41) is -0.122. The summed E-state index contributed by atoms with van der Waals surface area (Å²) in [6.07, 6.45) is 0. The van der Waals surface area contributed by atoms with Crippen LogP contribution in [0.1, 0.15) is 31.9 Å². The fourth-order valence-electron chi connectivity index (χ4n) is 1.63. The Bertz CT molecular complexity index is 719. The maximum atomic E-state index is 12.6. The molecule has 0 aliphatic rings. The Labute approximate surface area is 142 Å². The summed E-state index contributed by atoms with van der Waals surface area (Å²) >= 11 is 0. The van der Waals surface area contributed by atoms with Crippen LogP contribution in [0.25, 0.3) is 0 Å². The van der Waals surface area contributed by atoms with Crippen molar-refractivity contribution < 1.29 is 30.2 Å². The van der Waals surface area contributed by atoms with Gasteiger partial charge < -0.3 is 8.61 Å². The van der Waals surface area contributed by atoms with Gasteiger partial charge in [-0.25, -0.2) is 0 Å². The second-order valence-corrected chi connectivity index (χ2v) is 13.4. The first-order chi connectivity index (χ1) is 10.5. The lowest BCUT2D eigenvalue weighted by Gasteiger charge is -2.37. The average Bonchev–Trinajstić information content (AvgIpc) is 2.35. The van der Waals surface area contributed by atoms with E-state index in [1.54, 1.807) is 6.07 Å². The van der Waals surface area contributed by atoms with E-state index in [2.05, 4.69) is 4.18 Å². The molecule has 0 spiro atoms. The Hall–Kier alpha value is -1.22. The third-order valence-electron chi connectivity index (χ3n) is 4.20. The van der Waals surface area contributed by atoms with Crippen molar-refractivity contribution in [2.24, 2.45) is 0 Å². The fraction of sp³-hybridized carbons (Fsp3) is 0.600. The van der Waals surface area contributed by atoms with Gasteiger partial charge in [-0.2, -0.15) is 21.6 Å². The monoisotopic (exact) mass is 384 g/mol. The SMILES string of the molecule is Cc1ccc(O[Si](C)(C)C(C)(C)C)c(C)c1OS(=O)(=O)C(F)(F)F. The van der Waals surface area contributed by atoms with Crippen LogP contribution in [-0.4, -0.2) is 22.2 Å². The molecular formula is C15H23F3O4SSi. The van der Waals surface area contributed by atoms with Crippen LogP contribution in [0.2, 0.25) is 18.1 Å². The van der Waals surface area contributed by atoms with Gasteiger partial charge in [0.1, 0.15) is 5.75 Å². The Morgan fingerprint density at radius 1 is 1.04 bits per heavy atom. The van der Waals surface area contributed by atoms with Gasteiger partial charge in [-0.05, 0) is 43.6 Å². The van der Waals surface area contributed by atoms with E-state index < -0.39 is 23.9 Å². The van der Waals surface area contributed by atoms with Gasteiger partial charge in [0.2, 0.25) is 8.32 Å². The zero-order chi connectivity index (χ0) is 19.1. The molecule has 0 aliphatic heterocycles. The fourth-order valence-corrected chi connectivity index (χ4v) is 3.28. The highest BCUT2D eigenvalue weighted by Gasteiger charge is 2.49. The van der Waals surface area contributed by atoms with Crippen molar-refractivity contribution in [3.63, 3.8) is 0 Å². The Balaban J connectivity index is 3.33. The van der Waals surface area contributed by atoms with Crippen molar-refractivity contribution in [2.75, 3.05) is 0 Å². The Morgan fingerprint density at radius 2 is 1.54 bits per heavy atom. The zero-order valence-corrected chi connectivity index (χ0v) is 16.6. The minimum Gasteiger partial charge on any atom is -0.543 e. The first-order valence-electron chi connectivity index (χ1n) is 7.29. The van der Waals surface area contributed by atoms with E-state index in [0.29, 0.717) is 5.75 Å². The quantitative estimate of drug-likeness (QED) is 0.420. The topological polar surface area (TPSA) is 52.6 Å². The van der Waals surface area contributed by atoms with Crippen LogP contribution in [0, 0.1) is 13.8 Å². The number of benzene rings is 1. The minimum atomic E-state index is -5.73. The molecule has 0 heterocycles. The summed E-state index contributed by atoms with van der Waals surface area (Å²) in [5.74, 6) is -0.0110. The molecule has 0 amide bonds. The first-order valence-corrected chi connectivity index (χ1v) is 11.6. The van der Waals surface area contributed by atoms with Crippen molar-refractivity contribution >= 4 is 18.4 Å². The van der Waals surface area contributed by atoms with Gasteiger partial charge in [0.25, 0.3) is 0 Å². The summed E-state index contributed by atoms with van der Waals surface area (Å²) in [6.45, 7) is 13.0. The molecule has 1 aromatic rings. The average molecular weight is 384 g/mol. The number of alkyl halides is 3. The van der Waals surface area contributed by atoms with Gasteiger partial charge in [-0.1, -0.05) is 26.8 Å². The maximum Gasteiger partial charge on any atom is 0.534 e. The van der Waals surface area contributed by atoms with Crippen molar-refractivity contribution in [3.05, 3.63) is 23.3 Å². The molecule has 0 saturated carbocycles. The third-order valence-corrected chi connectivity index (χ3v) is 9.50. The third kappa shape index (κ3) is 4.24. The number of aryl methyl sites for hydroxylation is 1. The molecule has 1 rings (SSSR count). The number of hydrogen-bond donors (Lipinski definition) is 0. The lowest BCUT2D eigenvalue weighted by atomic mass is 10.1. The highest BCUT2D eigenvalue weighted by atomic mass is 32.2. The van der Waals surface area contributed by atoms with Crippen LogP contribution >= 0.6 is 0 Å². The van der Waals surface area contributed by atoms with Crippen LogP contribution in [-0.2, 0) is 10.1 Å². The molecule has 24 heavy (non-hydrogen) atoms. The Morgan fingerprint density at radius 3 is 1.96 bits per heavy atom. The smallest absolute Gasteiger partial charge is 0.534 e. The molecule has 0 aromatic heterocycles. The lowest BCUT2D eigenvalue weighted by Crippen LogP contribution is -2.44. The van der Waals surface area contributed by atoms with E-state index in [4.69, 9.17) is 4.43 Å². The summed E-state index contributed by atoms with van der Waals surface area (Å²) < 4.78 is 70.8. The van der Waals surface area contributed by atoms with Gasteiger partial charge in [-0.3, -0.25) is 0 Å². The molecular weight excluding hydrogens is 361 g/mol. The van der Waals surface area contributed by atoms with E-state index >= 15 is 0 Å². The van der Waals surface area contributed by atoms with Crippen molar-refractivity contribution in [1.29, 1.82) is 0 Å². The molecule has 138 valence electrons. The second-order valence-electron chi connectivity index (χ2n) is 7.18. The molecule has 0 N–H and O–H groups in total. The molecule has 0 fully saturated rings. The van der Waals surface area contributed by atoms with E-state index in [1.807, 2.05) is 33.9 Å². The lowest BCUT2D eigenvalue weighted by molar-refractivity contribution is -0.0500. The van der Waals surface area contributed by atoms with Crippen LogP contribution in [0.5, 0.6) is 11.5 Å². The van der Waals surface area contributed by atoms with Crippen LogP contribution in [0.15, 0.2) is 12.1 Å². The molecule has 0 radical (unpaired) electrons. The number of halogens is 3. The van der Waals surface area contributed by atoms with E-state index in [9.17, 15) is 21.6 Å². The van der Waals surface area contributed by atoms with Crippen LogP contribution < -0.4 is 8.61 Å². The highest BCUT2D eigenvalue weighted by Crippen LogP contribution is 2.41. The van der Waals surface area contributed by atoms with E-state index in [-0.39, 0.29) is 21.9 Å². The summed E-state index contributed by atoms with van der Waals surface area (Å²) in [6, 6.07) is 3.11. The molecule has 0 aliphatic carbocycles. The highest BCUT2D eigenvalue weighted by molar-refractivity contribution is 7.88. The normalized spacial score (nSPS) is 13.8. The standard InChI is InChI=1S/C15H23F3O4SSi/c1-10-8-9-12(22-24(6,7)14(3,4)5)11(2)13(10)21-23(19,20)15(16,17)18/h8-9H,1-7H3. The van der Waals surface area contributed by atoms with Gasteiger partial charge >= 0.3 is 15.6 Å². The molecule has 4 nitrogen and oxygen atoms in total. The predicted molar refractivity (Wildman–Crippen MR) is 89.3 cm³/mol. The minimum absolute atomic E-state index is 0.122. The zero-order valence-electron chi connectivity index (χ0n) is 14.8. The van der Waals surface area contributed by atoms with E-state index in [0.717, 1.165) is 0 Å². The number of hydrogen-bond acceptors (Lipinski definition) is 4. The summed E-state index contributed by atoms with van der Waals surface area (Å²) in [5.41, 5.74) is -4.97. The Kier molecular flexibility index (Phi) is 5.42. The summed E-state index contributed by atoms with van der Waals surface area (Å²) in [7, 11) is -7.97. The predicted octanol–water partition coefficient (Wildman–Crippen LogP) is 4.92. The van der Waals surface area contributed by atoms with Gasteiger partial charge in [-0.15, -0.1) is 0 Å². The van der Waals surface area contributed by atoms with Crippen LogP contribution in [0.3, 0.4) is 0 Å². The van der Waals surface area contributed by atoms with Crippen molar-refractivity contribution in [2.45, 2.75) is 58.3 Å². The van der Waals surface area contributed by atoms with Crippen molar-refractivity contribution in [3.8, 4) is 11.5 Å². The molecule has 0 atom stereocenters. The van der Waals surface area contributed by atoms with Crippen LogP contribution in [0.4, 0.5) is 13.2 Å². The first kappa shape index (κ1) is 20.8. The second kappa shape index (κ2) is 6.25. The molecule has 1 aromatic carbocycles. The molecule has 9 heteroatoms. The number of rotatable bonds is 4. The van der Waals surface area contributed by atoms with Crippen molar-refractivity contribution in [1.82, 2.24) is 0 Å². The largest absolute Gasteiger partial charge is 0.543 e. The van der Waals surface area contributed by atoms with Gasteiger partial charge in [0.05, 0.1) is 0 Å².